The number of esters is 2. The second kappa shape index (κ2) is 14.9. The lowest BCUT2D eigenvalue weighted by atomic mass is 9.76. The molecule has 1 heterocycles. The van der Waals surface area contributed by atoms with E-state index in [1.807, 2.05) is 12.2 Å². The van der Waals surface area contributed by atoms with E-state index in [9.17, 15) is 39.6 Å². The molecule has 45 heavy (non-hydrogen) atoms. The Kier molecular flexibility index (Phi) is 11.8. The molecule has 1 saturated carbocycles. The molecule has 4 atom stereocenters. The highest BCUT2D eigenvalue weighted by Crippen LogP contribution is 2.52. The van der Waals surface area contributed by atoms with Gasteiger partial charge < -0.3 is 39.4 Å². The highest BCUT2D eigenvalue weighted by Gasteiger charge is 2.41. The van der Waals surface area contributed by atoms with Gasteiger partial charge in [-0.05, 0) is 45.1 Å². The number of Topliss-reactive ketones (excluding diaryl/α,β-unsaturated/α-hetero) is 1. The third-order valence-electron chi connectivity index (χ3n) is 7.56. The van der Waals surface area contributed by atoms with Gasteiger partial charge in [-0.1, -0.05) is 60.9 Å². The molecule has 0 spiro atoms. The summed E-state index contributed by atoms with van der Waals surface area (Å²) in [4.78, 5) is 47.3. The number of unbranched alkanes of at least 4 members (excludes halogenated alkanes) is 1. The summed E-state index contributed by atoms with van der Waals surface area (Å²) in [6, 6.07) is 0. The van der Waals surface area contributed by atoms with Crippen molar-refractivity contribution in [3.63, 3.8) is 0 Å². The van der Waals surface area contributed by atoms with E-state index in [1.54, 1.807) is 12.2 Å². The van der Waals surface area contributed by atoms with Crippen LogP contribution in [0.4, 0.5) is 0 Å². The monoisotopic (exact) mass is 664 g/mol. The number of rotatable bonds is 6. The van der Waals surface area contributed by atoms with E-state index in [1.165, 1.54) is 27.9 Å². The topological polar surface area (TPSA) is 177 Å². The van der Waals surface area contributed by atoms with Gasteiger partial charge >= 0.3 is 11.9 Å². The molecule has 4 unspecified atom stereocenters. The molecule has 1 aliphatic heterocycles. The van der Waals surface area contributed by atoms with Crippen molar-refractivity contribution in [2.24, 2.45) is 11.8 Å². The molecule has 13 heteroatoms. The third-order valence-corrected chi connectivity index (χ3v) is 8.37. The van der Waals surface area contributed by atoms with Crippen LogP contribution in [0.1, 0.15) is 63.6 Å². The molecule has 0 radical (unpaired) electrons. The van der Waals surface area contributed by atoms with E-state index >= 15 is 0 Å². The van der Waals surface area contributed by atoms with Crippen LogP contribution in [-0.4, -0.2) is 63.8 Å². The van der Waals surface area contributed by atoms with Crippen LogP contribution < -0.4 is 9.47 Å². The van der Waals surface area contributed by atoms with Crippen molar-refractivity contribution in [1.82, 2.24) is 0 Å². The molecule has 4 N–H and O–H groups in total. The van der Waals surface area contributed by atoms with E-state index in [0.29, 0.717) is 6.29 Å². The SMILES string of the molecule is CCCC=CC=CC1CC(O)C(O)C(=O)C1C=O.COC(=O)c1c(C)c2c(c(C)c1O)OC(=O)c1c(C)c(Cl)c(O)c(Cl)c1O2. The number of phenolic OH excluding ortho intramolecular Hbond substituents is 2. The average molecular weight is 666 g/mol. The zero-order valence-corrected chi connectivity index (χ0v) is 26.7. The quantitative estimate of drug-likeness (QED) is 0.101. The van der Waals surface area contributed by atoms with Crippen molar-refractivity contribution in [3.8, 4) is 28.7 Å². The van der Waals surface area contributed by atoms with Gasteiger partial charge in [0.2, 0.25) is 0 Å². The molecular weight excluding hydrogens is 631 g/mol. The molecule has 0 aromatic heterocycles. The number of aliphatic hydroxyl groups is 2. The summed E-state index contributed by atoms with van der Waals surface area (Å²) >= 11 is 12.2. The first-order valence-corrected chi connectivity index (χ1v) is 14.7. The van der Waals surface area contributed by atoms with Crippen LogP contribution in [0.5, 0.6) is 28.7 Å². The molecule has 1 aliphatic carbocycles. The van der Waals surface area contributed by atoms with Crippen LogP contribution in [0.15, 0.2) is 24.3 Å². The maximum absolute atomic E-state index is 12.7. The van der Waals surface area contributed by atoms with E-state index < -0.39 is 47.3 Å². The first-order valence-electron chi connectivity index (χ1n) is 14.0. The number of aliphatic hydroxyl groups excluding tert-OH is 2. The van der Waals surface area contributed by atoms with Crippen molar-refractivity contribution in [1.29, 1.82) is 0 Å². The Balaban J connectivity index is 0.000000268. The fraction of sp³-hybridized carbons (Fsp3) is 0.375. The molecule has 0 amide bonds. The van der Waals surface area contributed by atoms with Crippen LogP contribution in [-0.2, 0) is 14.3 Å². The van der Waals surface area contributed by atoms with Crippen LogP contribution in [0, 0.1) is 32.6 Å². The van der Waals surface area contributed by atoms with E-state index in [2.05, 4.69) is 6.92 Å². The van der Waals surface area contributed by atoms with E-state index in [4.69, 9.17) is 37.4 Å². The van der Waals surface area contributed by atoms with Gasteiger partial charge in [0.1, 0.15) is 34.3 Å². The number of methoxy groups -OCH3 is 1. The van der Waals surface area contributed by atoms with Crippen LogP contribution in [0.3, 0.4) is 0 Å². The standard InChI is InChI=1S/C18H14Cl2O7.C14H20O4/c1-5-9-16(11(20)13(22)10(5)19)26-14-6(2)8(17(23)25-4)12(21)7(3)15(14)27-18(9)24;1-2-3-4-5-6-7-10-8-12(16)14(18)13(17)11(10)9-15/h21-22H,1-4H3;4-7,9-12,14,16,18H,2-3,8H2,1H3. The number of benzene rings is 2. The molecule has 4 rings (SSSR count). The highest BCUT2D eigenvalue weighted by molar-refractivity contribution is 6.39. The van der Waals surface area contributed by atoms with Crippen LogP contribution in [0.2, 0.25) is 10.0 Å². The van der Waals surface area contributed by atoms with Gasteiger partial charge in [-0.2, -0.15) is 0 Å². The van der Waals surface area contributed by atoms with Crippen molar-refractivity contribution >= 4 is 47.2 Å². The number of ketones is 1. The minimum atomic E-state index is -1.43. The number of halogens is 2. The lowest BCUT2D eigenvalue weighted by Gasteiger charge is -2.31. The van der Waals surface area contributed by atoms with Gasteiger partial charge in [0.25, 0.3) is 0 Å². The maximum Gasteiger partial charge on any atom is 0.347 e. The number of carbonyl (C=O) groups excluding carboxylic acids is 4. The molecule has 1 fully saturated rings. The lowest BCUT2D eigenvalue weighted by Crippen LogP contribution is -2.47. The summed E-state index contributed by atoms with van der Waals surface area (Å²) in [5, 5.41) is 39.0. The summed E-state index contributed by atoms with van der Waals surface area (Å²) in [5.41, 5.74) is 0.264. The normalized spacial score (nSPS) is 20.8. The molecule has 2 aromatic rings. The number of ether oxygens (including phenoxy) is 3. The summed E-state index contributed by atoms with van der Waals surface area (Å²) in [7, 11) is 1.17. The number of aldehydes is 1. The van der Waals surface area contributed by atoms with Crippen LogP contribution >= 0.6 is 23.2 Å². The molecular formula is C32H34Cl2O11. The lowest BCUT2D eigenvalue weighted by molar-refractivity contribution is -0.146. The number of aromatic hydroxyl groups is 2. The number of fused-ring (bicyclic) bond motifs is 2. The molecule has 11 nitrogen and oxygen atoms in total. The number of allylic oxidation sites excluding steroid dienone is 4. The second-order valence-electron chi connectivity index (χ2n) is 10.5. The smallest absolute Gasteiger partial charge is 0.347 e. The van der Waals surface area contributed by atoms with Crippen molar-refractivity contribution < 1.29 is 53.8 Å². The Morgan fingerprint density at radius 2 is 1.60 bits per heavy atom. The number of hydrogen-bond acceptors (Lipinski definition) is 11. The number of phenols is 2. The summed E-state index contributed by atoms with van der Waals surface area (Å²) < 4.78 is 15.9. The van der Waals surface area contributed by atoms with Gasteiger partial charge in [0.15, 0.2) is 28.8 Å². The molecule has 2 aromatic carbocycles. The minimum Gasteiger partial charge on any atom is -0.507 e. The fourth-order valence-corrected chi connectivity index (χ4v) is 5.41. The highest BCUT2D eigenvalue weighted by atomic mass is 35.5. The average Bonchev–Trinajstić information content (AvgIpc) is 3.17. The Hall–Kier alpha value is -3.90. The van der Waals surface area contributed by atoms with Crippen molar-refractivity contribution in [2.75, 3.05) is 7.11 Å². The van der Waals surface area contributed by atoms with Gasteiger partial charge in [-0.3, -0.25) is 4.79 Å². The molecule has 0 saturated heterocycles. The summed E-state index contributed by atoms with van der Waals surface area (Å²) in [6.45, 7) is 6.51. The fourth-order valence-electron chi connectivity index (χ4n) is 4.95. The maximum atomic E-state index is 12.7. The molecule has 0 bridgehead atoms. The first-order chi connectivity index (χ1) is 21.2. The minimum absolute atomic E-state index is 0.0131. The van der Waals surface area contributed by atoms with Crippen LogP contribution in [0.25, 0.3) is 0 Å². The van der Waals surface area contributed by atoms with Crippen molar-refractivity contribution in [2.45, 2.75) is 59.2 Å². The largest absolute Gasteiger partial charge is 0.507 e. The van der Waals surface area contributed by atoms with Gasteiger partial charge in [-0.15, -0.1) is 0 Å². The van der Waals surface area contributed by atoms with Gasteiger partial charge in [0.05, 0.1) is 24.2 Å². The molecule has 2 aliphatic rings. The summed E-state index contributed by atoms with van der Waals surface area (Å²) in [5.74, 6) is -4.50. The number of carbonyl (C=O) groups is 4. The second-order valence-corrected chi connectivity index (χ2v) is 11.3. The summed E-state index contributed by atoms with van der Waals surface area (Å²) in [6.07, 6.45) is 7.72. The van der Waals surface area contributed by atoms with E-state index in [0.717, 1.165) is 12.8 Å². The molecule has 242 valence electrons. The predicted octanol–water partition coefficient (Wildman–Crippen LogP) is 5.47. The first kappa shape index (κ1) is 35.6. The Labute approximate surface area is 269 Å². The zero-order chi connectivity index (χ0) is 33.7. The van der Waals surface area contributed by atoms with E-state index in [-0.39, 0.29) is 67.4 Å². The number of hydrogen-bond donors (Lipinski definition) is 4. The Morgan fingerprint density at radius 1 is 0.956 bits per heavy atom. The predicted molar refractivity (Wildman–Crippen MR) is 165 cm³/mol. The Morgan fingerprint density at radius 3 is 2.20 bits per heavy atom. The van der Waals surface area contributed by atoms with Crippen molar-refractivity contribution in [3.05, 3.63) is 62.2 Å². The third kappa shape index (κ3) is 7.01. The van der Waals surface area contributed by atoms with Gasteiger partial charge in [-0.25, -0.2) is 9.59 Å². The zero-order valence-electron chi connectivity index (χ0n) is 25.2. The van der Waals surface area contributed by atoms with Gasteiger partial charge in [0, 0.05) is 11.1 Å². The Bertz CT molecular complexity index is 1580.